The van der Waals surface area contributed by atoms with Crippen LogP contribution in [0.1, 0.15) is 30.3 Å². The van der Waals surface area contributed by atoms with Gasteiger partial charge in [0.25, 0.3) is 0 Å². The maximum absolute atomic E-state index is 4.49. The second-order valence-electron chi connectivity index (χ2n) is 4.50. The molecule has 0 aromatic carbocycles. The van der Waals surface area contributed by atoms with Crippen LogP contribution in [0.2, 0.25) is 0 Å². The first kappa shape index (κ1) is 12.8. The highest BCUT2D eigenvalue weighted by Crippen LogP contribution is 2.07. The van der Waals surface area contributed by atoms with Gasteiger partial charge >= 0.3 is 0 Å². The lowest BCUT2D eigenvalue weighted by Crippen LogP contribution is -2.13. The zero-order valence-electron chi connectivity index (χ0n) is 11.2. The van der Waals surface area contributed by atoms with Crippen LogP contribution in [0.4, 0.5) is 0 Å². The van der Waals surface area contributed by atoms with Crippen molar-refractivity contribution in [2.24, 2.45) is 7.05 Å². The third-order valence-electron chi connectivity index (χ3n) is 2.76. The third-order valence-corrected chi connectivity index (χ3v) is 2.76. The van der Waals surface area contributed by atoms with Crippen LogP contribution in [-0.2, 0) is 20.1 Å². The summed E-state index contributed by atoms with van der Waals surface area (Å²) in [5, 5.41) is 15.9. The summed E-state index contributed by atoms with van der Waals surface area (Å²) in [4.78, 5) is 0. The van der Waals surface area contributed by atoms with Crippen molar-refractivity contribution in [2.45, 2.75) is 33.4 Å². The van der Waals surface area contributed by atoms with E-state index >= 15 is 0 Å². The van der Waals surface area contributed by atoms with Gasteiger partial charge in [-0.25, -0.2) is 0 Å². The van der Waals surface area contributed by atoms with Gasteiger partial charge in [-0.05, 0) is 19.9 Å². The van der Waals surface area contributed by atoms with Crippen LogP contribution in [0.25, 0.3) is 0 Å². The molecule has 0 unspecified atom stereocenters. The van der Waals surface area contributed by atoms with Crippen molar-refractivity contribution in [3.05, 3.63) is 29.3 Å². The molecule has 0 fully saturated rings. The van der Waals surface area contributed by atoms with Gasteiger partial charge in [0, 0.05) is 31.5 Å². The first-order valence-electron chi connectivity index (χ1n) is 6.28. The molecule has 0 bridgehead atoms. The molecule has 0 saturated carbocycles. The van der Waals surface area contributed by atoms with E-state index in [0.717, 1.165) is 30.9 Å². The zero-order valence-corrected chi connectivity index (χ0v) is 11.2. The fourth-order valence-corrected chi connectivity index (χ4v) is 1.85. The monoisotopic (exact) mass is 248 g/mol. The van der Waals surface area contributed by atoms with Crippen molar-refractivity contribution in [3.63, 3.8) is 0 Å². The van der Waals surface area contributed by atoms with Gasteiger partial charge in [0.1, 0.15) is 5.69 Å². The molecule has 6 heteroatoms. The molecule has 0 spiro atoms. The van der Waals surface area contributed by atoms with Crippen LogP contribution in [-0.4, -0.2) is 31.3 Å². The molecule has 0 radical (unpaired) electrons. The number of rotatable bonds is 6. The number of hydrogen-bond donors (Lipinski definition) is 1. The number of aromatic nitrogens is 5. The highest BCUT2D eigenvalue weighted by Gasteiger charge is 2.06. The van der Waals surface area contributed by atoms with Crippen molar-refractivity contribution in [3.8, 4) is 0 Å². The first-order valence-corrected chi connectivity index (χ1v) is 6.28. The third kappa shape index (κ3) is 3.16. The van der Waals surface area contributed by atoms with Crippen LogP contribution in [0.3, 0.4) is 0 Å². The number of nitrogens with one attached hydrogen (secondary N) is 1. The molecule has 0 aliphatic carbocycles. The molecule has 2 rings (SSSR count). The summed E-state index contributed by atoms with van der Waals surface area (Å²) in [6, 6.07) is 0. The molecule has 0 saturated heterocycles. The van der Waals surface area contributed by atoms with Crippen LogP contribution in [0, 0.1) is 6.92 Å². The van der Waals surface area contributed by atoms with Gasteiger partial charge in [0.05, 0.1) is 12.2 Å². The van der Waals surface area contributed by atoms with Gasteiger partial charge in [0.2, 0.25) is 0 Å². The van der Waals surface area contributed by atoms with Crippen LogP contribution in [0.15, 0.2) is 12.4 Å². The second-order valence-corrected chi connectivity index (χ2v) is 4.50. The van der Waals surface area contributed by atoms with Crippen LogP contribution in [0.5, 0.6) is 0 Å². The van der Waals surface area contributed by atoms with E-state index in [1.54, 1.807) is 4.68 Å². The van der Waals surface area contributed by atoms with Gasteiger partial charge in [-0.2, -0.15) is 5.10 Å². The van der Waals surface area contributed by atoms with Crippen molar-refractivity contribution in [1.82, 2.24) is 30.1 Å². The molecule has 2 heterocycles. The molecular weight excluding hydrogens is 228 g/mol. The molecule has 18 heavy (non-hydrogen) atoms. The Balaban J connectivity index is 1.99. The van der Waals surface area contributed by atoms with Gasteiger partial charge in [-0.3, -0.25) is 9.36 Å². The zero-order chi connectivity index (χ0) is 13.0. The quantitative estimate of drug-likeness (QED) is 0.771. The lowest BCUT2D eigenvalue weighted by atomic mass is 10.2. The minimum Gasteiger partial charge on any atom is -0.313 e. The maximum atomic E-state index is 4.49. The Hall–Kier alpha value is -1.69. The van der Waals surface area contributed by atoms with E-state index in [-0.39, 0.29) is 0 Å². The first-order chi connectivity index (χ1) is 8.69. The molecule has 1 N–H and O–H groups in total. The predicted molar refractivity (Wildman–Crippen MR) is 69.1 cm³/mol. The lowest BCUT2D eigenvalue weighted by molar-refractivity contribution is 0.658. The van der Waals surface area contributed by atoms with E-state index in [4.69, 9.17) is 0 Å². The highest BCUT2D eigenvalue weighted by atomic mass is 15.4. The Kier molecular flexibility index (Phi) is 4.09. The van der Waals surface area contributed by atoms with E-state index in [2.05, 4.69) is 33.8 Å². The van der Waals surface area contributed by atoms with E-state index in [1.165, 1.54) is 5.56 Å². The fourth-order valence-electron chi connectivity index (χ4n) is 1.85. The maximum Gasteiger partial charge on any atom is 0.104 e. The summed E-state index contributed by atoms with van der Waals surface area (Å²) >= 11 is 0. The minimum absolute atomic E-state index is 0.669. The van der Waals surface area contributed by atoms with Crippen molar-refractivity contribution < 1.29 is 0 Å². The molecular formula is C12H20N6. The van der Waals surface area contributed by atoms with E-state index < -0.39 is 0 Å². The van der Waals surface area contributed by atoms with Gasteiger partial charge < -0.3 is 5.32 Å². The summed E-state index contributed by atoms with van der Waals surface area (Å²) in [6.07, 6.45) is 5.13. The average molecular weight is 248 g/mol. The number of hydrogen-bond acceptors (Lipinski definition) is 4. The van der Waals surface area contributed by atoms with Gasteiger partial charge in [0.15, 0.2) is 0 Å². The van der Waals surface area contributed by atoms with Gasteiger partial charge in [-0.15, -0.1) is 5.10 Å². The summed E-state index contributed by atoms with van der Waals surface area (Å²) in [5.41, 5.74) is 3.24. The standard InChI is InChI=1S/C12H20N6/c1-4-5-13-6-11-7-18(15-10(11)2)9-12-8-17(3)16-14-12/h7-8,13H,4-6,9H2,1-3H3. The molecule has 2 aromatic heterocycles. The van der Waals surface area contributed by atoms with E-state index in [0.29, 0.717) is 6.54 Å². The molecule has 0 aliphatic heterocycles. The smallest absolute Gasteiger partial charge is 0.104 e. The summed E-state index contributed by atoms with van der Waals surface area (Å²) < 4.78 is 3.62. The molecule has 0 aliphatic rings. The van der Waals surface area contributed by atoms with Crippen molar-refractivity contribution in [1.29, 1.82) is 0 Å². The topological polar surface area (TPSA) is 60.6 Å². The highest BCUT2D eigenvalue weighted by molar-refractivity contribution is 5.15. The summed E-state index contributed by atoms with van der Waals surface area (Å²) in [6.45, 7) is 6.78. The Bertz CT molecular complexity index is 498. The SMILES string of the molecule is CCCNCc1cn(Cc2cn(C)nn2)nc1C. The molecule has 2 aromatic rings. The van der Waals surface area contributed by atoms with E-state index in [1.807, 2.05) is 24.9 Å². The van der Waals surface area contributed by atoms with Crippen molar-refractivity contribution >= 4 is 0 Å². The average Bonchev–Trinajstić information content (AvgIpc) is 2.87. The summed E-state index contributed by atoms with van der Waals surface area (Å²) in [5.74, 6) is 0. The van der Waals surface area contributed by atoms with Crippen LogP contribution < -0.4 is 5.32 Å². The van der Waals surface area contributed by atoms with Crippen LogP contribution >= 0.6 is 0 Å². The van der Waals surface area contributed by atoms with Gasteiger partial charge in [-0.1, -0.05) is 12.1 Å². The Morgan fingerprint density at radius 1 is 1.33 bits per heavy atom. The largest absolute Gasteiger partial charge is 0.313 e. The Morgan fingerprint density at radius 2 is 2.17 bits per heavy atom. The van der Waals surface area contributed by atoms with Crippen molar-refractivity contribution in [2.75, 3.05) is 6.54 Å². The fraction of sp³-hybridized carbons (Fsp3) is 0.583. The molecule has 6 nitrogen and oxygen atoms in total. The minimum atomic E-state index is 0.669. The second kappa shape index (κ2) is 5.77. The number of nitrogens with zero attached hydrogens (tertiary/aromatic N) is 5. The lowest BCUT2D eigenvalue weighted by Gasteiger charge is -2.00. The normalized spacial score (nSPS) is 11.1. The Labute approximate surface area is 107 Å². The van der Waals surface area contributed by atoms with E-state index in [9.17, 15) is 0 Å². The summed E-state index contributed by atoms with van der Waals surface area (Å²) in [7, 11) is 1.87. The molecule has 0 amide bonds. The predicted octanol–water partition coefficient (Wildman–Crippen LogP) is 0.868. The Morgan fingerprint density at radius 3 is 2.83 bits per heavy atom. The molecule has 0 atom stereocenters. The molecule has 98 valence electrons. The number of aryl methyl sites for hydroxylation is 2.